The average Bonchev–Trinajstić information content (AvgIpc) is 2.32. The first-order valence-corrected chi connectivity index (χ1v) is 5.54. The molecule has 0 saturated carbocycles. The van der Waals surface area contributed by atoms with Gasteiger partial charge >= 0.3 is 0 Å². The maximum absolute atomic E-state index is 11.0. The second-order valence-corrected chi connectivity index (χ2v) is 4.93. The van der Waals surface area contributed by atoms with Crippen LogP contribution in [0.15, 0.2) is 6.07 Å². The van der Waals surface area contributed by atoms with Gasteiger partial charge in [0.1, 0.15) is 10.7 Å². The minimum Gasteiger partial charge on any atom is -0.389 e. The molecule has 1 aromatic rings. The van der Waals surface area contributed by atoms with Gasteiger partial charge in [-0.1, -0.05) is 0 Å². The van der Waals surface area contributed by atoms with E-state index in [2.05, 4.69) is 4.37 Å². The monoisotopic (exact) mass is 206 g/mol. The molecular weight excluding hydrogens is 200 g/mol. The van der Waals surface area contributed by atoms with Gasteiger partial charge in [0.25, 0.3) is 5.12 Å². The Kier molecular flexibility index (Phi) is 2.16. The number of nitrogens with zero attached hydrogens (tertiary/aromatic N) is 1. The number of rotatable bonds is 1. The zero-order valence-electron chi connectivity index (χ0n) is 6.14. The zero-order chi connectivity index (χ0) is 9.35. The van der Waals surface area contributed by atoms with E-state index in [1.54, 1.807) is 0 Å². The lowest BCUT2D eigenvalue weighted by atomic mass is 10.5. The molecule has 2 N–H and O–H groups in total. The molecular formula is C5H6N2O3S2. The molecule has 0 aliphatic heterocycles. The summed E-state index contributed by atoms with van der Waals surface area (Å²) in [7, 11) is -3.69. The Bertz CT molecular complexity index is 406. The number of anilines is 1. The highest BCUT2D eigenvalue weighted by Gasteiger charge is 2.20. The number of nitrogens with two attached hydrogens (primary N) is 1. The van der Waals surface area contributed by atoms with E-state index in [4.69, 9.17) is 5.73 Å². The van der Waals surface area contributed by atoms with Gasteiger partial charge in [0.15, 0.2) is 0 Å². The molecule has 1 heterocycles. The molecule has 0 amide bonds. The van der Waals surface area contributed by atoms with Crippen LogP contribution in [0.1, 0.15) is 10.5 Å². The summed E-state index contributed by atoms with van der Waals surface area (Å²) in [5, 5.41) is -0.669. The van der Waals surface area contributed by atoms with E-state index in [1.807, 2.05) is 0 Å². The Morgan fingerprint density at radius 3 is 2.58 bits per heavy atom. The van der Waals surface area contributed by atoms with Crippen LogP contribution >= 0.6 is 11.5 Å². The van der Waals surface area contributed by atoms with Gasteiger partial charge in [0.2, 0.25) is 9.84 Å². The van der Waals surface area contributed by atoms with Crippen LogP contribution in [-0.2, 0) is 9.84 Å². The van der Waals surface area contributed by atoms with Crippen molar-refractivity contribution >= 4 is 31.5 Å². The third kappa shape index (κ3) is 1.80. The number of carbonyl (C=O) groups excluding carboxylic acids is 1. The summed E-state index contributed by atoms with van der Waals surface area (Å²) in [5.41, 5.74) is 5.16. The SMILES string of the molecule is CS(=O)(=O)C(=O)c1cc(N)sn1. The maximum Gasteiger partial charge on any atom is 0.295 e. The van der Waals surface area contributed by atoms with Gasteiger partial charge < -0.3 is 5.73 Å². The van der Waals surface area contributed by atoms with Crippen LogP contribution in [0, 0.1) is 0 Å². The summed E-state index contributed by atoms with van der Waals surface area (Å²) in [6.45, 7) is 0. The highest BCUT2D eigenvalue weighted by Crippen LogP contribution is 2.13. The van der Waals surface area contributed by atoms with E-state index < -0.39 is 15.0 Å². The van der Waals surface area contributed by atoms with E-state index in [-0.39, 0.29) is 5.69 Å². The van der Waals surface area contributed by atoms with Crippen LogP contribution in [0.5, 0.6) is 0 Å². The zero-order valence-corrected chi connectivity index (χ0v) is 7.78. The van der Waals surface area contributed by atoms with Crippen molar-refractivity contribution in [1.82, 2.24) is 4.37 Å². The molecule has 7 heteroatoms. The number of hydrogen-bond acceptors (Lipinski definition) is 6. The molecule has 12 heavy (non-hydrogen) atoms. The van der Waals surface area contributed by atoms with Gasteiger partial charge in [0.05, 0.1) is 0 Å². The van der Waals surface area contributed by atoms with Crippen molar-refractivity contribution in [2.75, 3.05) is 12.0 Å². The molecule has 0 aliphatic carbocycles. The molecule has 0 fully saturated rings. The standard InChI is InChI=1S/C5H6N2O3S2/c1-12(9,10)5(8)3-2-4(6)11-7-3/h2H,6H2,1H3. The van der Waals surface area contributed by atoms with Crippen molar-refractivity contribution in [3.05, 3.63) is 11.8 Å². The molecule has 0 saturated heterocycles. The summed E-state index contributed by atoms with van der Waals surface area (Å²) in [6, 6.07) is 1.24. The van der Waals surface area contributed by atoms with Gasteiger partial charge in [-0.05, 0) is 11.5 Å². The molecule has 0 unspecified atom stereocenters. The summed E-state index contributed by atoms with van der Waals surface area (Å²) in [4.78, 5) is 11.0. The lowest BCUT2D eigenvalue weighted by Gasteiger charge is -1.89. The summed E-state index contributed by atoms with van der Waals surface area (Å²) >= 11 is 0.891. The van der Waals surface area contributed by atoms with Gasteiger partial charge in [-0.3, -0.25) is 4.79 Å². The predicted molar refractivity (Wildman–Crippen MR) is 45.7 cm³/mol. The normalized spacial score (nSPS) is 11.4. The summed E-state index contributed by atoms with van der Waals surface area (Å²) in [5.74, 6) is 0. The van der Waals surface area contributed by atoms with Crippen molar-refractivity contribution in [2.45, 2.75) is 0 Å². The van der Waals surface area contributed by atoms with Crippen molar-refractivity contribution in [3.63, 3.8) is 0 Å². The van der Waals surface area contributed by atoms with Crippen molar-refractivity contribution < 1.29 is 13.2 Å². The molecule has 0 atom stereocenters. The lowest BCUT2D eigenvalue weighted by Crippen LogP contribution is -2.12. The molecule has 0 spiro atoms. The topological polar surface area (TPSA) is 90.1 Å². The van der Waals surface area contributed by atoms with E-state index in [9.17, 15) is 13.2 Å². The van der Waals surface area contributed by atoms with Gasteiger partial charge in [-0.25, -0.2) is 8.42 Å². The smallest absolute Gasteiger partial charge is 0.295 e. The minimum atomic E-state index is -3.69. The molecule has 0 bridgehead atoms. The van der Waals surface area contributed by atoms with Gasteiger partial charge in [0, 0.05) is 12.3 Å². The first kappa shape index (κ1) is 9.14. The molecule has 0 aliphatic rings. The van der Waals surface area contributed by atoms with E-state index in [0.29, 0.717) is 5.00 Å². The van der Waals surface area contributed by atoms with Crippen LogP contribution in [0.25, 0.3) is 0 Å². The maximum atomic E-state index is 11.0. The highest BCUT2D eigenvalue weighted by atomic mass is 32.2. The van der Waals surface area contributed by atoms with Crippen LogP contribution in [0.4, 0.5) is 5.00 Å². The van der Waals surface area contributed by atoms with Crippen molar-refractivity contribution in [3.8, 4) is 0 Å². The molecule has 0 radical (unpaired) electrons. The van der Waals surface area contributed by atoms with E-state index >= 15 is 0 Å². The number of sulfone groups is 1. The average molecular weight is 206 g/mol. The quantitative estimate of drug-likeness (QED) is 0.693. The highest BCUT2D eigenvalue weighted by molar-refractivity contribution is 8.06. The molecule has 1 aromatic heterocycles. The lowest BCUT2D eigenvalue weighted by molar-refractivity contribution is 0.107. The first-order chi connectivity index (χ1) is 5.41. The largest absolute Gasteiger partial charge is 0.389 e. The van der Waals surface area contributed by atoms with Crippen LogP contribution < -0.4 is 5.73 Å². The Hall–Kier alpha value is -0.950. The number of hydrogen-bond donors (Lipinski definition) is 1. The van der Waals surface area contributed by atoms with E-state index in [0.717, 1.165) is 17.8 Å². The first-order valence-electron chi connectivity index (χ1n) is 2.88. The molecule has 0 aromatic carbocycles. The fraction of sp³-hybridized carbons (Fsp3) is 0.200. The third-order valence-electron chi connectivity index (χ3n) is 1.07. The van der Waals surface area contributed by atoms with Crippen LogP contribution in [-0.4, -0.2) is 24.2 Å². The van der Waals surface area contributed by atoms with E-state index in [1.165, 1.54) is 6.07 Å². The number of aromatic nitrogens is 1. The fourth-order valence-electron chi connectivity index (χ4n) is 0.575. The second kappa shape index (κ2) is 2.83. The third-order valence-corrected chi connectivity index (χ3v) is 2.57. The van der Waals surface area contributed by atoms with Crippen molar-refractivity contribution in [2.24, 2.45) is 0 Å². The Morgan fingerprint density at radius 2 is 2.25 bits per heavy atom. The molecule has 5 nitrogen and oxygen atoms in total. The molecule has 1 rings (SSSR count). The van der Waals surface area contributed by atoms with Gasteiger partial charge in [-0.2, -0.15) is 4.37 Å². The van der Waals surface area contributed by atoms with Crippen LogP contribution in [0.3, 0.4) is 0 Å². The number of nitrogen functional groups attached to an aromatic ring is 1. The molecule has 66 valence electrons. The minimum absolute atomic E-state index is 0.111. The fourth-order valence-corrected chi connectivity index (χ4v) is 1.62. The van der Waals surface area contributed by atoms with Gasteiger partial charge in [-0.15, -0.1) is 0 Å². The number of carbonyl (C=O) groups is 1. The summed E-state index contributed by atoms with van der Waals surface area (Å²) < 4.78 is 25.0. The Morgan fingerprint density at radius 1 is 1.67 bits per heavy atom. The summed E-state index contributed by atoms with van der Waals surface area (Å²) in [6.07, 6.45) is 0.838. The predicted octanol–water partition coefficient (Wildman–Crippen LogP) is -0.0899. The van der Waals surface area contributed by atoms with Crippen molar-refractivity contribution in [1.29, 1.82) is 0 Å². The Labute approximate surface area is 73.3 Å². The second-order valence-electron chi connectivity index (χ2n) is 2.17. The Balaban J connectivity index is 3.10. The van der Waals surface area contributed by atoms with Crippen LogP contribution in [0.2, 0.25) is 0 Å².